The van der Waals surface area contributed by atoms with Gasteiger partial charge in [-0.1, -0.05) is 0 Å². The van der Waals surface area contributed by atoms with Gasteiger partial charge in [0.15, 0.2) is 0 Å². The van der Waals surface area contributed by atoms with Crippen LogP contribution in [0.3, 0.4) is 0 Å². The summed E-state index contributed by atoms with van der Waals surface area (Å²) in [5.41, 5.74) is 0. The summed E-state index contributed by atoms with van der Waals surface area (Å²) in [6.07, 6.45) is 1.46. The van der Waals surface area contributed by atoms with Gasteiger partial charge in [-0.15, -0.1) is 0 Å². The summed E-state index contributed by atoms with van der Waals surface area (Å²) in [5, 5.41) is 7.69. The Morgan fingerprint density at radius 1 is 2.00 bits per heavy atom. The third-order valence-electron chi connectivity index (χ3n) is 0.0928. The van der Waals surface area contributed by atoms with E-state index in [9.17, 15) is 0 Å². The molecule has 0 atom stereocenters. The topological polar surface area (TPSA) is 33.0 Å². The van der Waals surface area contributed by atoms with E-state index in [1.807, 2.05) is 0 Å². The number of rotatable bonds is 1. The molecule has 0 aromatic heterocycles. The van der Waals surface area contributed by atoms with E-state index in [1.54, 1.807) is 0 Å². The Morgan fingerprint density at radius 2 is 2.50 bits per heavy atom. The van der Waals surface area contributed by atoms with Gasteiger partial charge in [-0.3, -0.25) is 0 Å². The summed E-state index contributed by atoms with van der Waals surface area (Å²) < 4.78 is 4.19. The fourth-order valence-corrected chi connectivity index (χ4v) is 0.717. The summed E-state index contributed by atoms with van der Waals surface area (Å²) in [6.45, 7) is 0. The van der Waals surface area contributed by atoms with Crippen molar-refractivity contribution >= 4 is 38.5 Å². The molecule has 5 heteroatoms. The molecule has 0 aromatic carbocycles. The van der Waals surface area contributed by atoms with Crippen LogP contribution in [0.25, 0.3) is 0 Å². The average Bonchev–Trinajstić information content (AvgIpc) is 1.35. The molecule has 0 spiro atoms. The molecular formula is CBrClINO. The zero-order valence-corrected chi connectivity index (χ0v) is 6.99. The van der Waals surface area contributed by atoms with Gasteiger partial charge >= 0.3 is 53.1 Å². The molecule has 0 aliphatic rings. The van der Waals surface area contributed by atoms with Crippen LogP contribution in [0.2, 0.25) is 0 Å². The van der Waals surface area contributed by atoms with Gasteiger partial charge in [0, 0.05) is 0 Å². The van der Waals surface area contributed by atoms with Crippen LogP contribution in [0.5, 0.6) is 0 Å². The second-order valence-electron chi connectivity index (χ2n) is 0.339. The Balaban J connectivity index is 2.88. The summed E-state index contributed by atoms with van der Waals surface area (Å²) >= 11 is 1.03. The van der Waals surface area contributed by atoms with Gasteiger partial charge in [0.1, 0.15) is 0 Å². The zero-order valence-electron chi connectivity index (χ0n) is 2.49. The van der Waals surface area contributed by atoms with Gasteiger partial charge in [0.25, 0.3) is 0 Å². The summed E-state index contributed by atoms with van der Waals surface area (Å²) in [4.78, 5) is 0. The second kappa shape index (κ2) is 3.96. The molecule has 0 bridgehead atoms. The normalized spacial score (nSPS) is 9.17. The van der Waals surface area contributed by atoms with E-state index in [4.69, 9.17) is 14.2 Å². The van der Waals surface area contributed by atoms with E-state index in [1.165, 1.54) is 6.26 Å². The Kier molecular flexibility index (Phi) is 4.48. The maximum atomic E-state index is 7.69. The number of nitriles is 1. The number of halogens is 3. The van der Waals surface area contributed by atoms with Crippen LogP contribution in [0.15, 0.2) is 0 Å². The van der Waals surface area contributed by atoms with Crippen LogP contribution in [0, 0.1) is 11.5 Å². The minimum atomic E-state index is -1.88. The first-order valence-electron chi connectivity index (χ1n) is 0.868. The van der Waals surface area contributed by atoms with Crippen molar-refractivity contribution in [2.45, 2.75) is 0 Å². The van der Waals surface area contributed by atoms with Crippen molar-refractivity contribution in [1.82, 2.24) is 0 Å². The van der Waals surface area contributed by atoms with Crippen LogP contribution >= 0.6 is 38.5 Å². The molecule has 0 rings (SSSR count). The van der Waals surface area contributed by atoms with E-state index in [0.29, 0.717) is 0 Å². The molecule has 6 heavy (non-hydrogen) atoms. The Bertz CT molecular complexity index is 70.4. The van der Waals surface area contributed by atoms with E-state index >= 15 is 0 Å². The molecular weight excluding hydrogens is 284 g/mol. The number of nitrogens with zero attached hydrogens (tertiary/aromatic N) is 1. The van der Waals surface area contributed by atoms with Crippen LogP contribution in [-0.2, 0) is 3.07 Å². The molecule has 0 aliphatic carbocycles. The summed E-state index contributed by atoms with van der Waals surface area (Å²) in [5.74, 6) is 0. The van der Waals surface area contributed by atoms with Gasteiger partial charge in [-0.25, -0.2) is 0 Å². The monoisotopic (exact) mass is 283 g/mol. The van der Waals surface area contributed by atoms with Crippen molar-refractivity contribution in [3.63, 3.8) is 0 Å². The average molecular weight is 284 g/mol. The molecule has 0 heterocycles. The molecule has 0 saturated heterocycles. The van der Waals surface area contributed by atoms with Crippen LogP contribution in [0.4, 0.5) is 0 Å². The first kappa shape index (κ1) is 6.79. The maximum absolute atomic E-state index is 7.69. The molecule has 0 aliphatic heterocycles. The molecule has 0 N–H and O–H groups in total. The zero-order chi connectivity index (χ0) is 4.99. The van der Waals surface area contributed by atoms with Crippen molar-refractivity contribution in [1.29, 1.82) is 5.26 Å². The third kappa shape index (κ3) is 4.79. The Labute approximate surface area is 52.8 Å². The van der Waals surface area contributed by atoms with Crippen molar-refractivity contribution in [2.24, 2.45) is 0 Å². The molecule has 2 nitrogen and oxygen atoms in total. The van der Waals surface area contributed by atoms with Gasteiger partial charge in [0.2, 0.25) is 0 Å². The first-order chi connectivity index (χ1) is 2.77. The molecule has 0 fully saturated rings. The quantitative estimate of drug-likeness (QED) is 0.547. The summed E-state index contributed by atoms with van der Waals surface area (Å²) in [6, 6.07) is 0. The van der Waals surface area contributed by atoms with Crippen LogP contribution in [-0.4, -0.2) is 0 Å². The van der Waals surface area contributed by atoms with Crippen LogP contribution in [0.1, 0.15) is 0 Å². The van der Waals surface area contributed by atoms with E-state index in [2.05, 4.69) is 15.8 Å². The Morgan fingerprint density at radius 3 is 2.50 bits per heavy atom. The number of hydrogen-bond acceptors (Lipinski definition) is 2. The van der Waals surface area contributed by atoms with Crippen molar-refractivity contribution < 1.29 is 3.07 Å². The molecule has 36 valence electrons. The molecule has 0 amide bonds. The van der Waals surface area contributed by atoms with Gasteiger partial charge in [-0.05, 0) is 0 Å². The molecule has 0 aromatic rings. The van der Waals surface area contributed by atoms with Crippen LogP contribution < -0.4 is 0 Å². The van der Waals surface area contributed by atoms with Gasteiger partial charge in [0.05, 0.1) is 0 Å². The van der Waals surface area contributed by atoms with Gasteiger partial charge in [-0.2, -0.15) is 0 Å². The molecule has 0 radical (unpaired) electrons. The van der Waals surface area contributed by atoms with Gasteiger partial charge < -0.3 is 0 Å². The van der Waals surface area contributed by atoms with Crippen molar-refractivity contribution in [3.05, 3.63) is 0 Å². The minimum absolute atomic E-state index is 1.46. The standard InChI is InChI=1S/CBrClINO/c2-4(3)6-1-5. The third-order valence-corrected chi connectivity index (χ3v) is 1.83. The van der Waals surface area contributed by atoms with Crippen molar-refractivity contribution in [2.75, 3.05) is 0 Å². The van der Waals surface area contributed by atoms with Crippen molar-refractivity contribution in [3.8, 4) is 6.26 Å². The fraction of sp³-hybridized carbons (Fsp3) is 0. The molecule has 0 unspecified atom stereocenters. The Hall–Kier alpha value is 0.790. The first-order valence-corrected chi connectivity index (χ1v) is 9.32. The molecule has 0 saturated carbocycles. The fourth-order valence-electron chi connectivity index (χ4n) is 0.0261. The van der Waals surface area contributed by atoms with E-state index in [-0.39, 0.29) is 0 Å². The second-order valence-corrected chi connectivity index (χ2v) is 9.46. The predicted octanol–water partition coefficient (Wildman–Crippen LogP) is 2.37. The SMILES string of the molecule is N#COI(Cl)Br. The van der Waals surface area contributed by atoms with E-state index < -0.39 is 16.9 Å². The number of hydrogen-bond donors (Lipinski definition) is 0. The predicted molar refractivity (Wildman–Crippen MR) is 35.5 cm³/mol. The summed E-state index contributed by atoms with van der Waals surface area (Å²) in [7, 11) is 5.21. The van der Waals surface area contributed by atoms with E-state index in [0.717, 1.165) is 0 Å².